The van der Waals surface area contributed by atoms with Crippen molar-refractivity contribution in [2.24, 2.45) is 0 Å². The Balaban J connectivity index is 2.15. The minimum Gasteiger partial charge on any atom is -0.245 e. The molecule has 3 heteroatoms. The van der Waals surface area contributed by atoms with Crippen molar-refractivity contribution in [1.82, 2.24) is 4.98 Å². The molecule has 3 aromatic rings. The number of halogens is 1. The second kappa shape index (κ2) is 4.92. The summed E-state index contributed by atoms with van der Waals surface area (Å²) in [6, 6.07) is 16.2. The van der Waals surface area contributed by atoms with E-state index in [2.05, 4.69) is 17.1 Å². The van der Waals surface area contributed by atoms with Crippen LogP contribution in [-0.2, 0) is 0 Å². The number of benzene rings is 2. The number of thiazole rings is 1. The van der Waals surface area contributed by atoms with Crippen LogP contribution < -0.4 is 0 Å². The lowest BCUT2D eigenvalue weighted by Gasteiger charge is -2.07. The number of hydrogen-bond acceptors (Lipinski definition) is 2. The van der Waals surface area contributed by atoms with Gasteiger partial charge in [0.2, 0.25) is 0 Å². The summed E-state index contributed by atoms with van der Waals surface area (Å²) in [5, 5.41) is 3.79. The summed E-state index contributed by atoms with van der Waals surface area (Å²) in [5.41, 5.74) is 3.50. The van der Waals surface area contributed by atoms with Gasteiger partial charge in [0, 0.05) is 22.2 Å². The van der Waals surface area contributed by atoms with E-state index in [-0.39, 0.29) is 0 Å². The van der Waals surface area contributed by atoms with Crippen molar-refractivity contribution >= 4 is 22.9 Å². The quantitative estimate of drug-likeness (QED) is 0.630. The van der Waals surface area contributed by atoms with E-state index in [1.807, 2.05) is 48.0 Å². The van der Waals surface area contributed by atoms with Crippen LogP contribution >= 0.6 is 22.9 Å². The monoisotopic (exact) mass is 271 g/mol. The van der Waals surface area contributed by atoms with Crippen LogP contribution in [0.2, 0.25) is 5.02 Å². The molecule has 0 saturated carbocycles. The zero-order valence-electron chi connectivity index (χ0n) is 9.51. The average molecular weight is 272 g/mol. The molecular weight excluding hydrogens is 262 g/mol. The zero-order chi connectivity index (χ0) is 12.4. The van der Waals surface area contributed by atoms with Crippen molar-refractivity contribution in [3.63, 3.8) is 0 Å². The Bertz CT molecular complexity index is 645. The van der Waals surface area contributed by atoms with E-state index >= 15 is 0 Å². The molecule has 0 aliphatic carbocycles. The van der Waals surface area contributed by atoms with Crippen molar-refractivity contribution in [2.45, 2.75) is 0 Å². The summed E-state index contributed by atoms with van der Waals surface area (Å²) in [4.78, 5) is 4.38. The predicted octanol–water partition coefficient (Wildman–Crippen LogP) is 5.13. The van der Waals surface area contributed by atoms with Gasteiger partial charge in [0.25, 0.3) is 0 Å². The fraction of sp³-hybridized carbons (Fsp3) is 0. The molecule has 3 rings (SSSR count). The number of aromatic nitrogens is 1. The molecule has 88 valence electrons. The molecule has 1 nitrogen and oxygen atoms in total. The van der Waals surface area contributed by atoms with E-state index in [0.717, 1.165) is 21.2 Å². The highest BCUT2D eigenvalue weighted by Gasteiger charge is 2.08. The van der Waals surface area contributed by atoms with Gasteiger partial charge in [0.05, 0.1) is 0 Å². The van der Waals surface area contributed by atoms with Gasteiger partial charge in [-0.3, -0.25) is 0 Å². The molecule has 0 saturated heterocycles. The van der Waals surface area contributed by atoms with Crippen LogP contribution in [0.4, 0.5) is 0 Å². The summed E-state index contributed by atoms with van der Waals surface area (Å²) in [6.07, 6.45) is 1.83. The van der Waals surface area contributed by atoms with E-state index in [1.54, 1.807) is 11.3 Å². The summed E-state index contributed by atoms with van der Waals surface area (Å²) < 4.78 is 0. The molecule has 0 amide bonds. The molecule has 1 aromatic heterocycles. The third kappa shape index (κ3) is 2.17. The minimum absolute atomic E-state index is 0.755. The van der Waals surface area contributed by atoms with Crippen molar-refractivity contribution in [2.75, 3.05) is 0 Å². The van der Waals surface area contributed by atoms with Gasteiger partial charge in [-0.05, 0) is 23.3 Å². The third-order valence-corrected chi connectivity index (χ3v) is 3.80. The second-order valence-corrected chi connectivity index (χ2v) is 5.22. The highest BCUT2D eigenvalue weighted by molar-refractivity contribution is 7.13. The van der Waals surface area contributed by atoms with Gasteiger partial charge < -0.3 is 0 Å². The first-order valence-corrected chi connectivity index (χ1v) is 6.85. The normalized spacial score (nSPS) is 10.5. The highest BCUT2D eigenvalue weighted by Crippen LogP contribution is 2.33. The average Bonchev–Trinajstić information content (AvgIpc) is 2.93. The Morgan fingerprint density at radius 2 is 1.61 bits per heavy atom. The van der Waals surface area contributed by atoms with Crippen LogP contribution in [0.15, 0.2) is 60.1 Å². The molecule has 0 spiro atoms. The Hall–Kier alpha value is -1.64. The van der Waals surface area contributed by atoms with E-state index in [9.17, 15) is 0 Å². The standard InChI is InChI=1S/C15H10ClNS/c16-12-7-5-11(6-8-12)13-3-1-2-4-14(13)15-17-9-10-18-15/h1-10H. The maximum atomic E-state index is 5.93. The van der Waals surface area contributed by atoms with Crippen LogP contribution in [-0.4, -0.2) is 4.98 Å². The van der Waals surface area contributed by atoms with Gasteiger partial charge in [-0.2, -0.15) is 0 Å². The molecule has 1 heterocycles. The van der Waals surface area contributed by atoms with Gasteiger partial charge in [-0.1, -0.05) is 48.0 Å². The predicted molar refractivity (Wildman–Crippen MR) is 78.0 cm³/mol. The van der Waals surface area contributed by atoms with Gasteiger partial charge >= 0.3 is 0 Å². The molecule has 0 N–H and O–H groups in total. The lowest BCUT2D eigenvalue weighted by Crippen LogP contribution is -1.83. The summed E-state index contributed by atoms with van der Waals surface area (Å²) in [6.45, 7) is 0. The largest absolute Gasteiger partial charge is 0.245 e. The van der Waals surface area contributed by atoms with Crippen molar-refractivity contribution in [1.29, 1.82) is 0 Å². The fourth-order valence-electron chi connectivity index (χ4n) is 1.91. The SMILES string of the molecule is Clc1ccc(-c2ccccc2-c2nccs2)cc1. The summed E-state index contributed by atoms with van der Waals surface area (Å²) >= 11 is 7.58. The molecule has 0 fully saturated rings. The second-order valence-electron chi connectivity index (χ2n) is 3.89. The number of nitrogens with zero attached hydrogens (tertiary/aromatic N) is 1. The molecule has 0 atom stereocenters. The first-order chi connectivity index (χ1) is 8.84. The molecule has 18 heavy (non-hydrogen) atoms. The Morgan fingerprint density at radius 3 is 2.28 bits per heavy atom. The summed E-state index contributed by atoms with van der Waals surface area (Å²) in [7, 11) is 0. The van der Waals surface area contributed by atoms with Gasteiger partial charge in [-0.15, -0.1) is 11.3 Å². The molecule has 0 aliphatic rings. The topological polar surface area (TPSA) is 12.9 Å². The number of rotatable bonds is 2. The maximum Gasteiger partial charge on any atom is 0.123 e. The molecule has 0 bridgehead atoms. The molecular formula is C15H10ClNS. The van der Waals surface area contributed by atoms with Gasteiger partial charge in [-0.25, -0.2) is 4.98 Å². The van der Waals surface area contributed by atoms with Gasteiger partial charge in [0.15, 0.2) is 0 Å². The van der Waals surface area contributed by atoms with Gasteiger partial charge in [0.1, 0.15) is 5.01 Å². The van der Waals surface area contributed by atoms with E-state index < -0.39 is 0 Å². The van der Waals surface area contributed by atoms with Crippen LogP contribution in [0.25, 0.3) is 21.7 Å². The van der Waals surface area contributed by atoms with E-state index in [1.165, 1.54) is 5.56 Å². The smallest absolute Gasteiger partial charge is 0.123 e. The third-order valence-electron chi connectivity index (χ3n) is 2.75. The van der Waals surface area contributed by atoms with Crippen LogP contribution in [0.5, 0.6) is 0 Å². The highest BCUT2D eigenvalue weighted by atomic mass is 35.5. The van der Waals surface area contributed by atoms with Crippen molar-refractivity contribution in [3.8, 4) is 21.7 Å². The molecule has 0 aliphatic heterocycles. The van der Waals surface area contributed by atoms with Crippen LogP contribution in [0.1, 0.15) is 0 Å². The van der Waals surface area contributed by atoms with Crippen molar-refractivity contribution < 1.29 is 0 Å². The minimum atomic E-state index is 0.755. The van der Waals surface area contributed by atoms with E-state index in [4.69, 9.17) is 11.6 Å². The Kier molecular flexibility index (Phi) is 3.13. The van der Waals surface area contributed by atoms with Crippen molar-refractivity contribution in [3.05, 3.63) is 65.1 Å². The first kappa shape index (κ1) is 11.5. The lowest BCUT2D eigenvalue weighted by molar-refractivity contribution is 1.41. The molecule has 0 unspecified atom stereocenters. The first-order valence-electron chi connectivity index (χ1n) is 5.59. The Labute approximate surface area is 115 Å². The molecule has 0 radical (unpaired) electrons. The Morgan fingerprint density at radius 1 is 0.889 bits per heavy atom. The zero-order valence-corrected chi connectivity index (χ0v) is 11.1. The fourth-order valence-corrected chi connectivity index (χ4v) is 2.71. The van der Waals surface area contributed by atoms with Crippen LogP contribution in [0, 0.1) is 0 Å². The van der Waals surface area contributed by atoms with Crippen LogP contribution in [0.3, 0.4) is 0 Å². The number of hydrogen-bond donors (Lipinski definition) is 0. The maximum absolute atomic E-state index is 5.93. The summed E-state index contributed by atoms with van der Waals surface area (Å²) in [5.74, 6) is 0. The van der Waals surface area contributed by atoms with E-state index in [0.29, 0.717) is 0 Å². The lowest BCUT2D eigenvalue weighted by atomic mass is 10.0. The molecule has 2 aromatic carbocycles.